The molecule has 0 unspecified atom stereocenters. The van der Waals surface area contributed by atoms with Gasteiger partial charge < -0.3 is 4.74 Å². The third-order valence-electron chi connectivity index (χ3n) is 2.92. The average Bonchev–Trinajstić information content (AvgIpc) is 2.85. The van der Waals surface area contributed by atoms with Crippen LogP contribution in [0, 0.1) is 5.92 Å². The minimum atomic E-state index is 0.586. The number of allylic oxidation sites excluding steroid dienone is 2. The van der Waals surface area contributed by atoms with Gasteiger partial charge in [0.2, 0.25) is 0 Å². The Labute approximate surface area is 87.7 Å². The quantitative estimate of drug-likeness (QED) is 0.327. The molecule has 0 bridgehead atoms. The Morgan fingerprint density at radius 3 is 3.00 bits per heavy atom. The first-order chi connectivity index (χ1) is 5.81. The Balaban J connectivity index is 1.84. The first kappa shape index (κ1) is 9.00. The zero-order valence-electron chi connectivity index (χ0n) is 7.42. The van der Waals surface area contributed by atoms with Gasteiger partial charge in [-0.3, -0.25) is 0 Å². The van der Waals surface area contributed by atoms with Crippen molar-refractivity contribution in [1.82, 2.24) is 0 Å². The normalized spacial score (nSPS) is 40.8. The van der Waals surface area contributed by atoms with Crippen molar-refractivity contribution in [2.45, 2.75) is 38.4 Å². The van der Waals surface area contributed by atoms with Gasteiger partial charge in [0.25, 0.3) is 0 Å². The van der Waals surface area contributed by atoms with Crippen LogP contribution >= 0.6 is 22.6 Å². The van der Waals surface area contributed by atoms with Crippen molar-refractivity contribution in [1.29, 1.82) is 0 Å². The smallest absolute Gasteiger partial charge is 0.0934 e. The third kappa shape index (κ3) is 1.84. The second-order valence-corrected chi connectivity index (χ2v) is 4.76. The fourth-order valence-corrected chi connectivity index (χ4v) is 2.69. The molecule has 0 amide bonds. The highest BCUT2D eigenvalue weighted by atomic mass is 127. The van der Waals surface area contributed by atoms with Gasteiger partial charge in [0.1, 0.15) is 0 Å². The molecule has 2 aliphatic rings. The van der Waals surface area contributed by atoms with Crippen LogP contribution in [0.25, 0.3) is 0 Å². The van der Waals surface area contributed by atoms with Crippen molar-refractivity contribution < 1.29 is 4.74 Å². The zero-order valence-corrected chi connectivity index (χ0v) is 9.58. The molecule has 1 fully saturated rings. The minimum absolute atomic E-state index is 0.586. The predicted octanol–water partition coefficient (Wildman–Crippen LogP) is 2.94. The van der Waals surface area contributed by atoms with Gasteiger partial charge in [-0.2, -0.15) is 0 Å². The fourth-order valence-electron chi connectivity index (χ4n) is 1.98. The van der Waals surface area contributed by atoms with E-state index in [0.29, 0.717) is 12.2 Å². The molecule has 0 N–H and O–H groups in total. The van der Waals surface area contributed by atoms with Crippen molar-refractivity contribution in [2.24, 2.45) is 5.92 Å². The van der Waals surface area contributed by atoms with Crippen molar-refractivity contribution in [3.8, 4) is 0 Å². The van der Waals surface area contributed by atoms with Crippen molar-refractivity contribution >= 4 is 22.6 Å². The molecule has 1 nitrogen and oxygen atoms in total. The lowest BCUT2D eigenvalue weighted by Gasteiger charge is -2.18. The molecule has 0 aromatic heterocycles. The van der Waals surface area contributed by atoms with E-state index < -0.39 is 0 Å². The predicted molar refractivity (Wildman–Crippen MR) is 58.6 cm³/mol. The summed E-state index contributed by atoms with van der Waals surface area (Å²) in [6, 6.07) is 0. The lowest BCUT2D eigenvalue weighted by atomic mass is 9.87. The lowest BCUT2D eigenvalue weighted by Crippen LogP contribution is -2.13. The van der Waals surface area contributed by atoms with E-state index in [4.69, 9.17) is 4.74 Å². The number of rotatable bonds is 2. The zero-order chi connectivity index (χ0) is 8.55. The molecule has 0 saturated carbocycles. The van der Waals surface area contributed by atoms with Crippen molar-refractivity contribution in [3.63, 3.8) is 0 Å². The van der Waals surface area contributed by atoms with E-state index in [9.17, 15) is 0 Å². The summed E-state index contributed by atoms with van der Waals surface area (Å²) >= 11 is 2.41. The van der Waals surface area contributed by atoms with Gasteiger partial charge in [-0.25, -0.2) is 0 Å². The van der Waals surface area contributed by atoms with Crippen molar-refractivity contribution in [2.75, 3.05) is 4.43 Å². The highest BCUT2D eigenvalue weighted by Gasteiger charge is 2.43. The van der Waals surface area contributed by atoms with E-state index >= 15 is 0 Å². The van der Waals surface area contributed by atoms with E-state index in [2.05, 4.69) is 35.6 Å². The molecule has 68 valence electrons. The summed E-state index contributed by atoms with van der Waals surface area (Å²) in [7, 11) is 0. The van der Waals surface area contributed by atoms with Crippen LogP contribution in [0.3, 0.4) is 0 Å². The molecule has 2 rings (SSSR count). The van der Waals surface area contributed by atoms with Gasteiger partial charge in [0.05, 0.1) is 12.2 Å². The molecule has 1 aliphatic carbocycles. The van der Waals surface area contributed by atoms with E-state index in [0.717, 1.165) is 5.92 Å². The summed E-state index contributed by atoms with van der Waals surface area (Å²) in [5.74, 6) is 0.827. The van der Waals surface area contributed by atoms with Crippen LogP contribution in [0.4, 0.5) is 0 Å². The van der Waals surface area contributed by atoms with Crippen LogP contribution in [0.1, 0.15) is 26.2 Å². The van der Waals surface area contributed by atoms with Gasteiger partial charge in [-0.1, -0.05) is 34.2 Å². The Morgan fingerprint density at radius 2 is 2.50 bits per heavy atom. The summed E-state index contributed by atoms with van der Waals surface area (Å²) < 4.78 is 6.77. The number of halogens is 1. The molecule has 0 radical (unpaired) electrons. The number of hydrogen-bond acceptors (Lipinski definition) is 1. The van der Waals surface area contributed by atoms with E-state index in [1.165, 1.54) is 23.7 Å². The first-order valence-corrected chi connectivity index (χ1v) is 6.21. The monoisotopic (exact) mass is 278 g/mol. The third-order valence-corrected chi connectivity index (χ3v) is 3.79. The summed E-state index contributed by atoms with van der Waals surface area (Å²) in [6.45, 7) is 2.24. The van der Waals surface area contributed by atoms with Crippen LogP contribution in [0.5, 0.6) is 0 Å². The molecule has 3 atom stereocenters. The van der Waals surface area contributed by atoms with E-state index in [1.807, 2.05) is 0 Å². The average molecular weight is 278 g/mol. The van der Waals surface area contributed by atoms with Crippen LogP contribution in [-0.2, 0) is 4.74 Å². The number of hydrogen-bond donors (Lipinski definition) is 0. The molecule has 0 spiro atoms. The summed E-state index contributed by atoms with van der Waals surface area (Å²) in [4.78, 5) is 0. The lowest BCUT2D eigenvalue weighted by molar-refractivity contribution is 0.303. The standard InChI is InChI=1S/C10H15IO/c1-7-2-4-8(5-3-7)10-9(6-11)12-10/h2,8-10H,3-6H2,1H3/t8-,9-,10-/m1/s1. The second-order valence-electron chi connectivity index (χ2n) is 3.88. The molecule has 1 saturated heterocycles. The maximum atomic E-state index is 5.60. The van der Waals surface area contributed by atoms with Gasteiger partial charge >= 0.3 is 0 Å². The number of alkyl halides is 1. The fraction of sp³-hybridized carbons (Fsp3) is 0.800. The molecular weight excluding hydrogens is 263 g/mol. The largest absolute Gasteiger partial charge is 0.368 e. The second kappa shape index (κ2) is 3.66. The molecule has 12 heavy (non-hydrogen) atoms. The van der Waals surface area contributed by atoms with Crippen LogP contribution in [-0.4, -0.2) is 16.6 Å². The van der Waals surface area contributed by atoms with Crippen molar-refractivity contribution in [3.05, 3.63) is 11.6 Å². The topological polar surface area (TPSA) is 12.5 Å². The van der Waals surface area contributed by atoms with E-state index in [-0.39, 0.29) is 0 Å². The summed E-state index contributed by atoms with van der Waals surface area (Å²) in [5.41, 5.74) is 1.57. The Hall–Kier alpha value is 0.430. The first-order valence-electron chi connectivity index (χ1n) is 4.68. The highest BCUT2D eigenvalue weighted by Crippen LogP contribution is 2.38. The van der Waals surface area contributed by atoms with Gasteiger partial charge in [0.15, 0.2) is 0 Å². The maximum absolute atomic E-state index is 5.60. The summed E-state index contributed by atoms with van der Waals surface area (Å²) in [5, 5.41) is 0. The molecule has 0 aromatic carbocycles. The number of ether oxygens (including phenoxy) is 1. The molecule has 1 heterocycles. The minimum Gasteiger partial charge on any atom is -0.368 e. The molecule has 2 heteroatoms. The SMILES string of the molecule is CC1=CC[C@@H]([C@H]2O[C@@H]2CI)CC1. The molecular formula is C10H15IO. The van der Waals surface area contributed by atoms with E-state index in [1.54, 1.807) is 5.57 Å². The van der Waals surface area contributed by atoms with Crippen LogP contribution in [0.15, 0.2) is 11.6 Å². The molecule has 1 aliphatic heterocycles. The Morgan fingerprint density at radius 1 is 1.67 bits per heavy atom. The Bertz CT molecular complexity index is 200. The molecule has 0 aromatic rings. The number of epoxide rings is 1. The summed E-state index contributed by atoms with van der Waals surface area (Å²) in [6.07, 6.45) is 7.47. The maximum Gasteiger partial charge on any atom is 0.0934 e. The van der Waals surface area contributed by atoms with Gasteiger partial charge in [-0.05, 0) is 32.1 Å². The Kier molecular flexibility index (Phi) is 2.75. The van der Waals surface area contributed by atoms with Gasteiger partial charge in [-0.15, -0.1) is 0 Å². The van der Waals surface area contributed by atoms with Crippen LogP contribution in [0.2, 0.25) is 0 Å². The van der Waals surface area contributed by atoms with Crippen LogP contribution < -0.4 is 0 Å². The van der Waals surface area contributed by atoms with Gasteiger partial charge in [0, 0.05) is 4.43 Å². The highest BCUT2D eigenvalue weighted by molar-refractivity contribution is 14.1.